The van der Waals surface area contributed by atoms with E-state index in [0.29, 0.717) is 25.3 Å². The minimum Gasteiger partial charge on any atom is -0.333 e. The predicted octanol–water partition coefficient (Wildman–Crippen LogP) is 3.39. The second-order valence-corrected chi connectivity index (χ2v) is 7.42. The lowest BCUT2D eigenvalue weighted by Crippen LogP contribution is -2.36. The van der Waals surface area contributed by atoms with Gasteiger partial charge in [0, 0.05) is 18.0 Å². The lowest BCUT2D eigenvalue weighted by molar-refractivity contribution is 0.0728. The summed E-state index contributed by atoms with van der Waals surface area (Å²) in [5, 5.41) is 8.07. The third-order valence-corrected chi connectivity index (χ3v) is 5.45. The highest BCUT2D eigenvalue weighted by atomic mass is 32.2. The van der Waals surface area contributed by atoms with Crippen LogP contribution in [0.15, 0.2) is 53.6 Å². The molecule has 0 N–H and O–H groups in total. The molecule has 0 saturated heterocycles. The van der Waals surface area contributed by atoms with E-state index in [2.05, 4.69) is 34.8 Å². The molecule has 0 bridgehead atoms. The van der Waals surface area contributed by atoms with Gasteiger partial charge < -0.3 is 4.90 Å². The smallest absolute Gasteiger partial charge is 0.276 e. The summed E-state index contributed by atoms with van der Waals surface area (Å²) in [5.41, 5.74) is 3.73. The van der Waals surface area contributed by atoms with Crippen molar-refractivity contribution in [3.63, 3.8) is 0 Å². The van der Waals surface area contributed by atoms with Crippen LogP contribution in [0.4, 0.5) is 4.39 Å². The molecule has 1 amide bonds. The fourth-order valence-corrected chi connectivity index (χ4v) is 3.71. The van der Waals surface area contributed by atoms with Crippen LogP contribution in [0.5, 0.6) is 0 Å². The molecule has 1 aliphatic heterocycles. The van der Waals surface area contributed by atoms with Gasteiger partial charge in [-0.25, -0.2) is 9.07 Å². The van der Waals surface area contributed by atoms with Gasteiger partial charge in [-0.2, -0.15) is 0 Å². The molecule has 1 aromatic heterocycles. The Morgan fingerprint density at radius 1 is 1.19 bits per heavy atom. The minimum atomic E-state index is -0.275. The van der Waals surface area contributed by atoms with Crippen LogP contribution in [0.1, 0.15) is 27.2 Å². The van der Waals surface area contributed by atoms with Gasteiger partial charge in [0.2, 0.25) is 0 Å². The molecule has 138 valence electrons. The Morgan fingerprint density at radius 3 is 2.78 bits per heavy atom. The zero-order chi connectivity index (χ0) is 18.8. The molecule has 0 spiro atoms. The highest BCUT2D eigenvalue weighted by Gasteiger charge is 2.24. The van der Waals surface area contributed by atoms with Crippen LogP contribution in [0.25, 0.3) is 0 Å². The van der Waals surface area contributed by atoms with Crippen LogP contribution >= 0.6 is 11.8 Å². The fraction of sp³-hybridized carbons (Fsp3) is 0.250. The zero-order valence-corrected chi connectivity index (χ0v) is 15.7. The average Bonchev–Trinajstić information content (AvgIpc) is 3.16. The second kappa shape index (κ2) is 7.52. The second-order valence-electron chi connectivity index (χ2n) is 6.54. The monoisotopic (exact) mass is 382 g/mol. The SMILES string of the molecule is CSc1ccc2c(c1)CCN(C(=O)c1cn(Cc3ccc(F)cc3)nn1)C2. The van der Waals surface area contributed by atoms with Gasteiger partial charge in [-0.3, -0.25) is 4.79 Å². The summed E-state index contributed by atoms with van der Waals surface area (Å²) >= 11 is 1.73. The molecular weight excluding hydrogens is 363 g/mol. The summed E-state index contributed by atoms with van der Waals surface area (Å²) in [6, 6.07) is 12.6. The maximum atomic E-state index is 13.0. The van der Waals surface area contributed by atoms with Gasteiger partial charge >= 0.3 is 0 Å². The number of fused-ring (bicyclic) bond motifs is 1. The lowest BCUT2D eigenvalue weighted by atomic mass is 10.00. The molecule has 7 heteroatoms. The van der Waals surface area contributed by atoms with Crippen molar-refractivity contribution in [3.05, 3.63) is 76.9 Å². The van der Waals surface area contributed by atoms with Crippen molar-refractivity contribution < 1.29 is 9.18 Å². The first-order valence-electron chi connectivity index (χ1n) is 8.72. The zero-order valence-electron chi connectivity index (χ0n) is 14.9. The number of benzene rings is 2. The summed E-state index contributed by atoms with van der Waals surface area (Å²) in [5.74, 6) is -0.386. The van der Waals surface area contributed by atoms with Gasteiger partial charge in [-0.15, -0.1) is 16.9 Å². The van der Waals surface area contributed by atoms with E-state index in [1.807, 2.05) is 4.90 Å². The molecule has 3 aromatic rings. The number of amides is 1. The molecule has 0 unspecified atom stereocenters. The van der Waals surface area contributed by atoms with Crippen molar-refractivity contribution in [2.24, 2.45) is 0 Å². The van der Waals surface area contributed by atoms with Gasteiger partial charge in [0.15, 0.2) is 5.69 Å². The quantitative estimate of drug-likeness (QED) is 0.649. The van der Waals surface area contributed by atoms with E-state index in [9.17, 15) is 9.18 Å². The van der Waals surface area contributed by atoms with Gasteiger partial charge in [-0.05, 0) is 53.6 Å². The Balaban J connectivity index is 1.45. The largest absolute Gasteiger partial charge is 0.333 e. The number of thioether (sulfide) groups is 1. The number of nitrogens with zero attached hydrogens (tertiary/aromatic N) is 4. The van der Waals surface area contributed by atoms with Crippen LogP contribution < -0.4 is 0 Å². The molecule has 2 heterocycles. The molecule has 4 rings (SSSR count). The molecule has 5 nitrogen and oxygen atoms in total. The Bertz CT molecular complexity index is 970. The maximum Gasteiger partial charge on any atom is 0.276 e. The number of hydrogen-bond acceptors (Lipinski definition) is 4. The fourth-order valence-electron chi connectivity index (χ4n) is 3.24. The Labute approximate surface area is 161 Å². The van der Waals surface area contributed by atoms with Crippen LogP contribution in [-0.4, -0.2) is 38.6 Å². The van der Waals surface area contributed by atoms with Crippen molar-refractivity contribution in [3.8, 4) is 0 Å². The third-order valence-electron chi connectivity index (χ3n) is 4.73. The van der Waals surface area contributed by atoms with E-state index in [1.165, 1.54) is 28.2 Å². The standard InChI is InChI=1S/C20H19FN4OS/c1-27-18-7-4-16-12-24(9-8-15(16)10-18)20(26)19-13-25(23-22-19)11-14-2-5-17(21)6-3-14/h2-7,10,13H,8-9,11-12H2,1H3. The molecule has 27 heavy (non-hydrogen) atoms. The van der Waals surface area contributed by atoms with Crippen LogP contribution in [-0.2, 0) is 19.5 Å². The van der Waals surface area contributed by atoms with E-state index in [1.54, 1.807) is 34.8 Å². The van der Waals surface area contributed by atoms with E-state index in [-0.39, 0.29) is 11.7 Å². The number of hydrogen-bond donors (Lipinski definition) is 0. The molecule has 0 radical (unpaired) electrons. The first kappa shape index (κ1) is 17.7. The third kappa shape index (κ3) is 3.88. The summed E-state index contributed by atoms with van der Waals surface area (Å²) in [6.07, 6.45) is 4.56. The van der Waals surface area contributed by atoms with Crippen LogP contribution in [0.3, 0.4) is 0 Å². The molecule has 0 saturated carbocycles. The number of aromatic nitrogens is 3. The van der Waals surface area contributed by atoms with E-state index in [0.717, 1.165) is 12.0 Å². The number of carbonyl (C=O) groups excluding carboxylic acids is 1. The average molecular weight is 382 g/mol. The van der Waals surface area contributed by atoms with E-state index >= 15 is 0 Å². The molecular formula is C20H19FN4OS. The predicted molar refractivity (Wildman–Crippen MR) is 102 cm³/mol. The Morgan fingerprint density at radius 2 is 2.00 bits per heavy atom. The Hall–Kier alpha value is -2.67. The lowest BCUT2D eigenvalue weighted by Gasteiger charge is -2.28. The van der Waals surface area contributed by atoms with E-state index in [4.69, 9.17) is 0 Å². The van der Waals surface area contributed by atoms with Gasteiger partial charge in [0.25, 0.3) is 5.91 Å². The van der Waals surface area contributed by atoms with Crippen LogP contribution in [0, 0.1) is 5.82 Å². The summed E-state index contributed by atoms with van der Waals surface area (Å²) in [6.45, 7) is 1.71. The first-order valence-corrected chi connectivity index (χ1v) is 9.94. The highest BCUT2D eigenvalue weighted by molar-refractivity contribution is 7.98. The van der Waals surface area contributed by atoms with Crippen molar-refractivity contribution in [1.29, 1.82) is 0 Å². The van der Waals surface area contributed by atoms with Crippen molar-refractivity contribution >= 4 is 17.7 Å². The molecule has 2 aromatic carbocycles. The number of halogens is 1. The highest BCUT2D eigenvalue weighted by Crippen LogP contribution is 2.25. The first-order chi connectivity index (χ1) is 13.1. The summed E-state index contributed by atoms with van der Waals surface area (Å²) < 4.78 is 14.6. The van der Waals surface area contributed by atoms with Crippen molar-refractivity contribution in [2.45, 2.75) is 24.4 Å². The van der Waals surface area contributed by atoms with Crippen LogP contribution in [0.2, 0.25) is 0 Å². The van der Waals surface area contributed by atoms with Gasteiger partial charge in [-0.1, -0.05) is 23.4 Å². The molecule has 0 fully saturated rings. The molecule has 0 aliphatic carbocycles. The molecule has 0 atom stereocenters. The molecule has 1 aliphatic rings. The Kier molecular flexibility index (Phi) is 4.94. The van der Waals surface area contributed by atoms with Crippen molar-refractivity contribution in [1.82, 2.24) is 19.9 Å². The number of rotatable bonds is 4. The normalized spacial score (nSPS) is 13.5. The van der Waals surface area contributed by atoms with E-state index < -0.39 is 0 Å². The number of carbonyl (C=O) groups is 1. The minimum absolute atomic E-state index is 0.111. The van der Waals surface area contributed by atoms with Crippen molar-refractivity contribution in [2.75, 3.05) is 12.8 Å². The maximum absolute atomic E-state index is 13.0. The topological polar surface area (TPSA) is 51.0 Å². The van der Waals surface area contributed by atoms with Gasteiger partial charge in [0.05, 0.1) is 12.7 Å². The summed E-state index contributed by atoms with van der Waals surface area (Å²) in [4.78, 5) is 15.9. The summed E-state index contributed by atoms with van der Waals surface area (Å²) in [7, 11) is 0. The van der Waals surface area contributed by atoms with Gasteiger partial charge in [0.1, 0.15) is 5.82 Å².